The third-order valence-electron chi connectivity index (χ3n) is 1.14. The summed E-state index contributed by atoms with van der Waals surface area (Å²) in [6.07, 6.45) is 0.310. The number of halogens is 4. The molecule has 56 valence electrons. The van der Waals surface area contributed by atoms with Crippen molar-refractivity contribution in [3.8, 4) is 0 Å². The van der Waals surface area contributed by atoms with Gasteiger partial charge in [-0.3, -0.25) is 0 Å². The lowest BCUT2D eigenvalue weighted by molar-refractivity contribution is 0.217. The van der Waals surface area contributed by atoms with E-state index >= 15 is 0 Å². The largest absolute Gasteiger partial charge is 0.238 e. The van der Waals surface area contributed by atoms with Gasteiger partial charge in [-0.15, -0.1) is 0 Å². The van der Waals surface area contributed by atoms with Crippen molar-refractivity contribution in [3.05, 3.63) is 24.1 Å². The van der Waals surface area contributed by atoms with Gasteiger partial charge in [-0.1, -0.05) is 0 Å². The predicted molar refractivity (Wildman–Crippen MR) is 36.0 cm³/mol. The molecule has 0 aromatic carbocycles. The molecule has 0 fully saturated rings. The fourth-order valence-corrected chi connectivity index (χ4v) is 0.853. The molecule has 1 aliphatic carbocycles. The van der Waals surface area contributed by atoms with Crippen LogP contribution in [0.4, 0.5) is 13.2 Å². The van der Waals surface area contributed by atoms with Crippen molar-refractivity contribution in [2.24, 2.45) is 0 Å². The molecule has 0 aromatic heterocycles. The fraction of sp³-hybridized carbons (Fsp3) is 0.333. The van der Waals surface area contributed by atoms with Crippen LogP contribution in [0.15, 0.2) is 24.1 Å². The van der Waals surface area contributed by atoms with E-state index < -0.39 is 16.6 Å². The summed E-state index contributed by atoms with van der Waals surface area (Å²) in [6, 6.07) is 0. The molecule has 0 heterocycles. The second kappa shape index (κ2) is 2.42. The molecule has 0 radical (unpaired) electrons. The van der Waals surface area contributed by atoms with Crippen LogP contribution in [0.25, 0.3) is 0 Å². The van der Waals surface area contributed by atoms with Crippen molar-refractivity contribution in [3.63, 3.8) is 0 Å². The molecule has 1 rings (SSSR count). The number of hydrogen-bond acceptors (Lipinski definition) is 0. The lowest BCUT2D eigenvalue weighted by Crippen LogP contribution is -2.25. The number of alkyl halides is 3. The molecule has 0 aromatic rings. The van der Waals surface area contributed by atoms with Gasteiger partial charge in [0.1, 0.15) is 5.83 Å². The second-order valence-electron chi connectivity index (χ2n) is 1.96. The molecule has 2 unspecified atom stereocenters. The van der Waals surface area contributed by atoms with Gasteiger partial charge < -0.3 is 0 Å². The molecule has 0 amide bonds. The van der Waals surface area contributed by atoms with E-state index in [0.29, 0.717) is 6.08 Å². The molecule has 4 heteroatoms. The topological polar surface area (TPSA) is 0 Å². The Morgan fingerprint density at radius 1 is 1.60 bits per heavy atom. The van der Waals surface area contributed by atoms with Crippen LogP contribution < -0.4 is 0 Å². The van der Waals surface area contributed by atoms with Crippen molar-refractivity contribution in [2.45, 2.75) is 10.7 Å². The summed E-state index contributed by atoms with van der Waals surface area (Å²) in [5.74, 6) is -0.750. The van der Waals surface area contributed by atoms with E-state index in [9.17, 15) is 13.2 Å². The standard InChI is InChI=1S/C6H4BrF3/c7-6(10)2-1-4(8)3-5(6)9/h1-3,5H. The van der Waals surface area contributed by atoms with Crippen LogP contribution >= 0.6 is 15.9 Å². The van der Waals surface area contributed by atoms with Gasteiger partial charge in [-0.2, -0.15) is 0 Å². The Bertz CT molecular complexity index is 195. The van der Waals surface area contributed by atoms with E-state index in [1.54, 1.807) is 0 Å². The minimum absolute atomic E-state index is 0.578. The van der Waals surface area contributed by atoms with Gasteiger partial charge in [0.05, 0.1) is 0 Å². The maximum absolute atomic E-state index is 12.7. The highest BCUT2D eigenvalue weighted by molar-refractivity contribution is 9.10. The van der Waals surface area contributed by atoms with Gasteiger partial charge in [0.15, 0.2) is 6.17 Å². The highest BCUT2D eigenvalue weighted by Gasteiger charge is 2.35. The maximum atomic E-state index is 12.7. The van der Waals surface area contributed by atoms with Crippen molar-refractivity contribution >= 4 is 15.9 Å². The van der Waals surface area contributed by atoms with Gasteiger partial charge in [0.25, 0.3) is 0 Å². The van der Waals surface area contributed by atoms with E-state index in [-0.39, 0.29) is 0 Å². The first-order chi connectivity index (χ1) is 4.52. The molecular weight excluding hydrogens is 209 g/mol. The van der Waals surface area contributed by atoms with Gasteiger partial charge in [0, 0.05) is 0 Å². The zero-order chi connectivity index (χ0) is 7.78. The second-order valence-corrected chi connectivity index (χ2v) is 3.18. The SMILES string of the molecule is FC1=CC(F)C(F)(Br)C=C1. The first-order valence-electron chi connectivity index (χ1n) is 2.61. The molecule has 0 saturated heterocycles. The van der Waals surface area contributed by atoms with Crippen molar-refractivity contribution in [1.29, 1.82) is 0 Å². The van der Waals surface area contributed by atoms with Gasteiger partial charge in [-0.05, 0) is 34.2 Å². The average Bonchev–Trinajstić information content (AvgIpc) is 1.81. The van der Waals surface area contributed by atoms with Crippen LogP contribution in [0.1, 0.15) is 0 Å². The van der Waals surface area contributed by atoms with E-state index in [2.05, 4.69) is 15.9 Å². The summed E-state index contributed by atoms with van der Waals surface area (Å²) in [5.41, 5.74) is 0. The summed E-state index contributed by atoms with van der Waals surface area (Å²) >= 11 is 2.45. The number of allylic oxidation sites excluding steroid dienone is 4. The van der Waals surface area contributed by atoms with Gasteiger partial charge in [0.2, 0.25) is 4.58 Å². The third-order valence-corrected chi connectivity index (χ3v) is 1.84. The Balaban J connectivity index is 2.84. The monoisotopic (exact) mass is 212 g/mol. The minimum Gasteiger partial charge on any atom is -0.238 e. The average molecular weight is 213 g/mol. The van der Waals surface area contributed by atoms with Crippen LogP contribution in [-0.2, 0) is 0 Å². The first-order valence-corrected chi connectivity index (χ1v) is 3.40. The van der Waals surface area contributed by atoms with Crippen LogP contribution in [0.5, 0.6) is 0 Å². The highest BCUT2D eigenvalue weighted by Crippen LogP contribution is 2.33. The lowest BCUT2D eigenvalue weighted by Gasteiger charge is -2.18. The summed E-state index contributed by atoms with van der Waals surface area (Å²) < 4.78 is 35.0. The summed E-state index contributed by atoms with van der Waals surface area (Å²) in [7, 11) is 0. The van der Waals surface area contributed by atoms with Crippen LogP contribution in [0.3, 0.4) is 0 Å². The number of hydrogen-bond donors (Lipinski definition) is 0. The predicted octanol–water partition coefficient (Wildman–Crippen LogP) is 2.81. The normalized spacial score (nSPS) is 39.6. The zero-order valence-corrected chi connectivity index (χ0v) is 6.41. The fourth-order valence-electron chi connectivity index (χ4n) is 0.589. The molecule has 0 saturated carbocycles. The highest BCUT2D eigenvalue weighted by atomic mass is 79.9. The van der Waals surface area contributed by atoms with E-state index in [1.807, 2.05) is 0 Å². The van der Waals surface area contributed by atoms with Crippen molar-refractivity contribution < 1.29 is 13.2 Å². The van der Waals surface area contributed by atoms with Crippen LogP contribution in [0.2, 0.25) is 0 Å². The molecule has 10 heavy (non-hydrogen) atoms. The lowest BCUT2D eigenvalue weighted by atomic mass is 10.1. The Hall–Kier alpha value is -0.250. The summed E-state index contributed by atoms with van der Waals surface area (Å²) in [5, 5.41) is 0. The Labute approximate surface area is 64.5 Å². The van der Waals surface area contributed by atoms with Crippen LogP contribution in [-0.4, -0.2) is 10.7 Å². The van der Waals surface area contributed by atoms with Crippen molar-refractivity contribution in [2.75, 3.05) is 0 Å². The van der Waals surface area contributed by atoms with E-state index in [1.165, 1.54) is 0 Å². The molecule has 1 aliphatic rings. The van der Waals surface area contributed by atoms with Crippen molar-refractivity contribution in [1.82, 2.24) is 0 Å². The summed E-state index contributed by atoms with van der Waals surface area (Å²) in [4.78, 5) is 0. The molecule has 2 atom stereocenters. The molecule has 0 N–H and O–H groups in total. The molecule has 0 nitrogen and oxygen atoms in total. The smallest absolute Gasteiger partial charge is 0.218 e. The minimum atomic E-state index is -2.23. The van der Waals surface area contributed by atoms with E-state index in [4.69, 9.17) is 0 Å². The van der Waals surface area contributed by atoms with Gasteiger partial charge in [-0.25, -0.2) is 13.2 Å². The molecule has 0 bridgehead atoms. The Morgan fingerprint density at radius 2 is 2.20 bits per heavy atom. The third kappa shape index (κ3) is 1.42. The van der Waals surface area contributed by atoms with Gasteiger partial charge >= 0.3 is 0 Å². The molecule has 0 aliphatic heterocycles. The molecule has 0 spiro atoms. The quantitative estimate of drug-likeness (QED) is 0.542. The van der Waals surface area contributed by atoms with Crippen LogP contribution in [0, 0.1) is 0 Å². The first kappa shape index (κ1) is 7.85. The zero-order valence-electron chi connectivity index (χ0n) is 4.82. The summed E-state index contributed by atoms with van der Waals surface area (Å²) in [6.45, 7) is 0. The maximum Gasteiger partial charge on any atom is 0.218 e. The Kier molecular flexibility index (Phi) is 1.90. The molecular formula is C6H4BrF3. The Morgan fingerprint density at radius 3 is 2.60 bits per heavy atom. The van der Waals surface area contributed by atoms with E-state index in [0.717, 1.165) is 12.2 Å². The number of rotatable bonds is 0.